The molecular formula is C21H26FN5OS. The Balaban J connectivity index is 1.71. The van der Waals surface area contributed by atoms with Crippen LogP contribution >= 0.6 is 12.6 Å². The van der Waals surface area contributed by atoms with Gasteiger partial charge in [0.2, 0.25) is 5.91 Å². The van der Waals surface area contributed by atoms with Crippen molar-refractivity contribution < 1.29 is 9.18 Å². The van der Waals surface area contributed by atoms with Crippen LogP contribution in [-0.2, 0) is 10.5 Å². The maximum atomic E-state index is 15.2. The molecule has 2 aromatic rings. The van der Waals surface area contributed by atoms with E-state index in [1.54, 1.807) is 6.20 Å². The first kappa shape index (κ1) is 19.8. The molecule has 2 fully saturated rings. The van der Waals surface area contributed by atoms with Gasteiger partial charge in [0, 0.05) is 49.9 Å². The monoisotopic (exact) mass is 415 g/mol. The van der Waals surface area contributed by atoms with Gasteiger partial charge in [0.05, 0.1) is 11.1 Å². The lowest BCUT2D eigenvalue weighted by molar-refractivity contribution is -0.128. The minimum atomic E-state index is -0.501. The van der Waals surface area contributed by atoms with Crippen molar-refractivity contribution >= 4 is 35.7 Å². The van der Waals surface area contributed by atoms with Crippen LogP contribution in [0, 0.1) is 11.2 Å². The number of nitrogens with two attached hydrogens (primary N) is 1. The van der Waals surface area contributed by atoms with E-state index in [2.05, 4.69) is 28.2 Å². The van der Waals surface area contributed by atoms with Gasteiger partial charge < -0.3 is 21.3 Å². The van der Waals surface area contributed by atoms with E-state index in [1.165, 1.54) is 0 Å². The van der Waals surface area contributed by atoms with Gasteiger partial charge in [0.25, 0.3) is 0 Å². The normalized spacial score (nSPS) is 18.2. The molecule has 154 valence electrons. The Morgan fingerprint density at radius 1 is 1.34 bits per heavy atom. The van der Waals surface area contributed by atoms with Crippen molar-refractivity contribution in [2.75, 3.05) is 42.6 Å². The summed E-state index contributed by atoms with van der Waals surface area (Å²) in [7, 11) is 1.86. The van der Waals surface area contributed by atoms with E-state index in [4.69, 9.17) is 5.73 Å². The lowest BCUT2D eigenvalue weighted by atomic mass is 9.77. The van der Waals surface area contributed by atoms with Crippen LogP contribution in [0.1, 0.15) is 24.8 Å². The van der Waals surface area contributed by atoms with Crippen molar-refractivity contribution in [3.8, 4) is 11.1 Å². The number of halogens is 1. The Morgan fingerprint density at radius 2 is 2.10 bits per heavy atom. The van der Waals surface area contributed by atoms with Gasteiger partial charge in [-0.1, -0.05) is 6.07 Å². The average molecular weight is 416 g/mol. The van der Waals surface area contributed by atoms with Crippen molar-refractivity contribution in [2.24, 2.45) is 5.41 Å². The second-order valence-electron chi connectivity index (χ2n) is 7.77. The highest BCUT2D eigenvalue weighted by atomic mass is 32.1. The van der Waals surface area contributed by atoms with Gasteiger partial charge in [-0.3, -0.25) is 4.79 Å². The summed E-state index contributed by atoms with van der Waals surface area (Å²) in [5, 5.41) is 6.09. The van der Waals surface area contributed by atoms with Crippen molar-refractivity contribution in [3.05, 3.63) is 35.8 Å². The molecule has 2 aliphatic rings. The molecule has 0 radical (unpaired) electrons. The van der Waals surface area contributed by atoms with Gasteiger partial charge in [0.15, 0.2) is 11.6 Å². The number of hydrogen-bond acceptors (Lipinski definition) is 6. The largest absolute Gasteiger partial charge is 0.388 e. The van der Waals surface area contributed by atoms with Crippen LogP contribution in [0.2, 0.25) is 0 Å². The summed E-state index contributed by atoms with van der Waals surface area (Å²) in [6, 6.07) is 5.92. The quantitative estimate of drug-likeness (QED) is 0.577. The zero-order chi connectivity index (χ0) is 20.6. The number of piperidine rings is 1. The zero-order valence-corrected chi connectivity index (χ0v) is 17.4. The summed E-state index contributed by atoms with van der Waals surface area (Å²) in [6.07, 6.45) is 3.91. The van der Waals surface area contributed by atoms with E-state index in [-0.39, 0.29) is 17.1 Å². The Morgan fingerprint density at radius 3 is 2.72 bits per heavy atom. The van der Waals surface area contributed by atoms with Gasteiger partial charge >= 0.3 is 0 Å². The summed E-state index contributed by atoms with van der Waals surface area (Å²) in [5.74, 6) is 0.0856. The van der Waals surface area contributed by atoms with Crippen molar-refractivity contribution in [1.82, 2.24) is 10.3 Å². The SMILES string of the molecule is CNc1ccc(-c2cnc(N)c(F)c2N2CCC3(CCNC3=O)CC2)cc1CS. The van der Waals surface area contributed by atoms with E-state index in [0.29, 0.717) is 42.9 Å². The van der Waals surface area contributed by atoms with Crippen molar-refractivity contribution in [2.45, 2.75) is 25.0 Å². The lowest BCUT2D eigenvalue weighted by Gasteiger charge is -2.39. The van der Waals surface area contributed by atoms with Crippen LogP contribution in [0.15, 0.2) is 24.4 Å². The molecule has 29 heavy (non-hydrogen) atoms. The number of nitrogens with zero attached hydrogens (tertiary/aromatic N) is 2. The number of pyridine rings is 1. The maximum Gasteiger partial charge on any atom is 0.226 e. The molecule has 3 heterocycles. The molecule has 0 bridgehead atoms. The average Bonchev–Trinajstić information content (AvgIpc) is 3.10. The first-order valence-corrected chi connectivity index (χ1v) is 10.5. The summed E-state index contributed by atoms with van der Waals surface area (Å²) in [6.45, 7) is 1.94. The number of hydrogen-bond donors (Lipinski definition) is 4. The fraction of sp³-hybridized carbons (Fsp3) is 0.429. The van der Waals surface area contributed by atoms with Crippen LogP contribution in [0.5, 0.6) is 0 Å². The highest BCUT2D eigenvalue weighted by Crippen LogP contribution is 2.43. The van der Waals surface area contributed by atoms with Crippen molar-refractivity contribution in [3.63, 3.8) is 0 Å². The fourth-order valence-electron chi connectivity index (χ4n) is 4.50. The zero-order valence-electron chi connectivity index (χ0n) is 16.5. The topological polar surface area (TPSA) is 83.3 Å². The van der Waals surface area contributed by atoms with Gasteiger partial charge in [-0.25, -0.2) is 9.37 Å². The predicted molar refractivity (Wildman–Crippen MR) is 118 cm³/mol. The second-order valence-corrected chi connectivity index (χ2v) is 8.09. The molecule has 4 N–H and O–H groups in total. The summed E-state index contributed by atoms with van der Waals surface area (Å²) < 4.78 is 15.2. The lowest BCUT2D eigenvalue weighted by Crippen LogP contribution is -2.44. The molecule has 0 atom stereocenters. The second kappa shape index (κ2) is 7.74. The number of anilines is 3. The van der Waals surface area contributed by atoms with E-state index >= 15 is 4.39 Å². The van der Waals surface area contributed by atoms with Crippen LogP contribution < -0.4 is 21.3 Å². The third-order valence-electron chi connectivity index (χ3n) is 6.28. The number of benzene rings is 1. The van der Waals surface area contributed by atoms with E-state index in [0.717, 1.165) is 29.8 Å². The molecule has 0 aliphatic carbocycles. The molecule has 1 aromatic heterocycles. The molecule has 1 spiro atoms. The number of thiol groups is 1. The van der Waals surface area contributed by atoms with Crippen LogP contribution in [0.25, 0.3) is 11.1 Å². The summed E-state index contributed by atoms with van der Waals surface area (Å²) in [4.78, 5) is 18.4. The molecule has 1 aromatic carbocycles. The number of carbonyl (C=O) groups excluding carboxylic acids is 1. The van der Waals surface area contributed by atoms with Gasteiger partial charge in [-0.15, -0.1) is 0 Å². The Kier molecular flexibility index (Phi) is 5.29. The molecule has 2 aliphatic heterocycles. The molecule has 8 heteroatoms. The molecule has 6 nitrogen and oxygen atoms in total. The Bertz CT molecular complexity index is 943. The smallest absolute Gasteiger partial charge is 0.226 e. The first-order valence-electron chi connectivity index (χ1n) is 9.88. The van der Waals surface area contributed by atoms with Gasteiger partial charge in [0.1, 0.15) is 0 Å². The van der Waals surface area contributed by atoms with Crippen molar-refractivity contribution in [1.29, 1.82) is 0 Å². The summed E-state index contributed by atoms with van der Waals surface area (Å²) >= 11 is 4.41. The molecule has 1 amide bonds. The third-order valence-corrected chi connectivity index (χ3v) is 6.62. The molecule has 0 unspecified atom stereocenters. The standard InChI is InChI=1S/C21H26FN5OS/c1-24-16-3-2-13(10-14(16)12-29)15-11-26-19(23)17(22)18(15)27-8-5-21(6-9-27)4-7-25-20(21)28/h2-3,10-11,24,29H,4-9,12H2,1H3,(H2,23,26)(H,25,28). The van der Waals surface area contributed by atoms with Crippen LogP contribution in [0.4, 0.5) is 21.6 Å². The van der Waals surface area contributed by atoms with Gasteiger partial charge in [-0.05, 0) is 42.5 Å². The molecular weight excluding hydrogens is 389 g/mol. The predicted octanol–water partition coefficient (Wildman–Crippen LogP) is 3.05. The number of nitrogens with one attached hydrogen (secondary N) is 2. The van der Waals surface area contributed by atoms with E-state index < -0.39 is 5.82 Å². The fourth-order valence-corrected chi connectivity index (χ4v) is 4.76. The highest BCUT2D eigenvalue weighted by Gasteiger charge is 2.44. The first-order chi connectivity index (χ1) is 14.0. The Labute approximate surface area is 175 Å². The highest BCUT2D eigenvalue weighted by molar-refractivity contribution is 7.79. The van der Waals surface area contributed by atoms with Crippen LogP contribution in [0.3, 0.4) is 0 Å². The minimum absolute atomic E-state index is 0.107. The number of amides is 1. The number of rotatable bonds is 4. The van der Waals surface area contributed by atoms with Crippen LogP contribution in [-0.4, -0.2) is 37.6 Å². The van der Waals surface area contributed by atoms with Gasteiger partial charge in [-0.2, -0.15) is 12.6 Å². The maximum absolute atomic E-state index is 15.2. The molecule has 4 rings (SSSR count). The summed E-state index contributed by atoms with van der Waals surface area (Å²) in [5.41, 5.74) is 9.56. The Hall–Kier alpha value is -2.48. The number of nitrogen functional groups attached to an aromatic ring is 1. The third kappa shape index (κ3) is 3.39. The van der Waals surface area contributed by atoms with E-state index in [1.807, 2.05) is 30.1 Å². The molecule has 2 saturated heterocycles. The number of aromatic nitrogens is 1. The van der Waals surface area contributed by atoms with E-state index in [9.17, 15) is 4.79 Å². The molecule has 0 saturated carbocycles. The minimum Gasteiger partial charge on any atom is -0.388 e. The number of carbonyl (C=O) groups is 1.